The van der Waals surface area contributed by atoms with Crippen molar-refractivity contribution in [2.24, 2.45) is 4.99 Å². The molecule has 150 valence electrons. The van der Waals surface area contributed by atoms with Gasteiger partial charge in [0.25, 0.3) is 0 Å². The van der Waals surface area contributed by atoms with Crippen LogP contribution in [0.3, 0.4) is 0 Å². The highest BCUT2D eigenvalue weighted by atomic mass is 19.1. The third kappa shape index (κ3) is 5.23. The molecule has 0 aliphatic carbocycles. The number of aryl methyl sites for hydroxylation is 1. The molecule has 28 heavy (non-hydrogen) atoms. The Balaban J connectivity index is 1.51. The Morgan fingerprint density at radius 2 is 2.00 bits per heavy atom. The van der Waals surface area contributed by atoms with Gasteiger partial charge >= 0.3 is 0 Å². The summed E-state index contributed by atoms with van der Waals surface area (Å²) in [6.07, 6.45) is 0.633. The summed E-state index contributed by atoms with van der Waals surface area (Å²) in [5.41, 5.74) is 4.15. The van der Waals surface area contributed by atoms with E-state index in [1.165, 1.54) is 23.3 Å². The monoisotopic (exact) mass is 385 g/mol. The van der Waals surface area contributed by atoms with Crippen LogP contribution in [0, 0.1) is 12.7 Å². The van der Waals surface area contributed by atoms with Gasteiger partial charge in [0.1, 0.15) is 11.6 Å². The molecule has 0 radical (unpaired) electrons. The first-order valence-corrected chi connectivity index (χ1v) is 9.59. The lowest BCUT2D eigenvalue weighted by molar-refractivity contribution is -0.0172. The molecule has 1 atom stereocenters. The van der Waals surface area contributed by atoms with Gasteiger partial charge in [-0.25, -0.2) is 4.39 Å². The molecule has 0 saturated carbocycles. The van der Waals surface area contributed by atoms with Crippen molar-refractivity contribution < 1.29 is 13.9 Å². The number of hydrogen-bond acceptors (Lipinski definition) is 3. The van der Waals surface area contributed by atoms with E-state index in [0.717, 1.165) is 29.4 Å². The number of benzene rings is 2. The fraction of sp³-hybridized carbons (Fsp3) is 0.409. The predicted molar refractivity (Wildman–Crippen MR) is 109 cm³/mol. The van der Waals surface area contributed by atoms with Gasteiger partial charge in [0.15, 0.2) is 12.8 Å². The molecule has 1 aliphatic heterocycles. The van der Waals surface area contributed by atoms with E-state index < -0.39 is 0 Å². The zero-order valence-electron chi connectivity index (χ0n) is 16.7. The van der Waals surface area contributed by atoms with Gasteiger partial charge in [-0.3, -0.25) is 4.99 Å². The van der Waals surface area contributed by atoms with Gasteiger partial charge in [0.2, 0.25) is 0 Å². The molecule has 1 heterocycles. The molecule has 2 aromatic rings. The van der Waals surface area contributed by atoms with Crippen LogP contribution in [0.5, 0.6) is 5.75 Å². The van der Waals surface area contributed by atoms with E-state index in [4.69, 9.17) is 9.47 Å². The predicted octanol–water partition coefficient (Wildman–Crippen LogP) is 3.51. The Bertz CT molecular complexity index is 821. The molecule has 0 saturated heterocycles. The number of rotatable bonds is 6. The standard InChI is InChI=1S/C22H28FN3O2/c1-15-4-6-17(7-5-15)16(2)12-26-22(24-3)25-9-8-18-10-20(23)11-19-13-27-14-28-21(18)19/h4-7,10-11,16H,8-9,12-14H2,1-3H3,(H2,24,25,26). The lowest BCUT2D eigenvalue weighted by atomic mass is 10.0. The van der Waals surface area contributed by atoms with Crippen LogP contribution in [-0.2, 0) is 17.8 Å². The number of guanidine groups is 1. The lowest BCUT2D eigenvalue weighted by Crippen LogP contribution is -2.40. The first kappa shape index (κ1) is 20.1. The van der Waals surface area contributed by atoms with Crippen molar-refractivity contribution in [1.29, 1.82) is 0 Å². The Labute approximate surface area is 166 Å². The molecule has 0 amide bonds. The van der Waals surface area contributed by atoms with E-state index in [1.807, 2.05) is 0 Å². The van der Waals surface area contributed by atoms with Crippen LogP contribution in [-0.4, -0.2) is 32.9 Å². The van der Waals surface area contributed by atoms with Crippen LogP contribution in [0.15, 0.2) is 41.4 Å². The minimum atomic E-state index is -0.266. The molecule has 1 aliphatic rings. The highest BCUT2D eigenvalue weighted by Gasteiger charge is 2.17. The van der Waals surface area contributed by atoms with Crippen molar-refractivity contribution >= 4 is 5.96 Å². The summed E-state index contributed by atoms with van der Waals surface area (Å²) in [5.74, 6) is 1.57. The van der Waals surface area contributed by atoms with Gasteiger partial charge in [-0.05, 0) is 42.5 Å². The van der Waals surface area contributed by atoms with Gasteiger partial charge in [0, 0.05) is 25.7 Å². The molecule has 0 aromatic heterocycles. The van der Waals surface area contributed by atoms with Crippen LogP contribution in [0.4, 0.5) is 4.39 Å². The molecule has 5 nitrogen and oxygen atoms in total. The first-order valence-electron chi connectivity index (χ1n) is 9.59. The van der Waals surface area contributed by atoms with Crippen LogP contribution in [0.1, 0.15) is 35.1 Å². The summed E-state index contributed by atoms with van der Waals surface area (Å²) in [5, 5.41) is 6.65. The third-order valence-corrected chi connectivity index (χ3v) is 4.88. The van der Waals surface area contributed by atoms with Crippen LogP contribution in [0.2, 0.25) is 0 Å². The highest BCUT2D eigenvalue weighted by molar-refractivity contribution is 5.79. The van der Waals surface area contributed by atoms with Crippen LogP contribution < -0.4 is 15.4 Å². The molecule has 1 unspecified atom stereocenters. The van der Waals surface area contributed by atoms with Gasteiger partial charge in [0.05, 0.1) is 6.61 Å². The number of nitrogens with zero attached hydrogens (tertiary/aromatic N) is 1. The maximum Gasteiger partial charge on any atom is 0.191 e. The summed E-state index contributed by atoms with van der Waals surface area (Å²) >= 11 is 0. The minimum Gasteiger partial charge on any atom is -0.467 e. The van der Waals surface area contributed by atoms with Crippen molar-refractivity contribution in [2.75, 3.05) is 26.9 Å². The average molecular weight is 385 g/mol. The zero-order chi connectivity index (χ0) is 19.9. The molecule has 2 aromatic carbocycles. The van der Waals surface area contributed by atoms with E-state index in [-0.39, 0.29) is 12.6 Å². The summed E-state index contributed by atoms with van der Waals surface area (Å²) in [7, 11) is 1.75. The van der Waals surface area contributed by atoms with E-state index in [9.17, 15) is 4.39 Å². The Morgan fingerprint density at radius 3 is 2.75 bits per heavy atom. The molecule has 2 N–H and O–H groups in total. The summed E-state index contributed by atoms with van der Waals surface area (Å²) < 4.78 is 24.6. The van der Waals surface area contributed by atoms with E-state index in [2.05, 4.69) is 53.7 Å². The number of halogens is 1. The van der Waals surface area contributed by atoms with Gasteiger partial charge in [-0.2, -0.15) is 0 Å². The second-order valence-electron chi connectivity index (χ2n) is 7.11. The van der Waals surface area contributed by atoms with E-state index in [1.54, 1.807) is 7.05 Å². The smallest absolute Gasteiger partial charge is 0.191 e. The normalized spacial score (nSPS) is 14.8. The molecule has 6 heteroatoms. The summed E-state index contributed by atoms with van der Waals surface area (Å²) in [4.78, 5) is 4.27. The third-order valence-electron chi connectivity index (χ3n) is 4.88. The first-order chi connectivity index (χ1) is 13.6. The maximum atomic E-state index is 13.8. The number of nitrogens with one attached hydrogen (secondary N) is 2. The molecule has 0 fully saturated rings. The quantitative estimate of drug-likeness (QED) is 0.590. The highest BCUT2D eigenvalue weighted by Crippen LogP contribution is 2.29. The van der Waals surface area contributed by atoms with Crippen molar-refractivity contribution in [1.82, 2.24) is 10.6 Å². The maximum absolute atomic E-state index is 13.8. The topological polar surface area (TPSA) is 54.9 Å². The number of fused-ring (bicyclic) bond motifs is 1. The minimum absolute atomic E-state index is 0.208. The van der Waals surface area contributed by atoms with Crippen molar-refractivity contribution in [3.05, 3.63) is 64.5 Å². The zero-order valence-corrected chi connectivity index (χ0v) is 16.7. The average Bonchev–Trinajstić information content (AvgIpc) is 2.70. The van der Waals surface area contributed by atoms with Crippen molar-refractivity contribution in [3.8, 4) is 5.75 Å². The molecule has 0 spiro atoms. The Hall–Kier alpha value is -2.60. The fourth-order valence-corrected chi connectivity index (χ4v) is 3.24. The van der Waals surface area contributed by atoms with Gasteiger partial charge in [-0.1, -0.05) is 36.8 Å². The van der Waals surface area contributed by atoms with Gasteiger partial charge < -0.3 is 20.1 Å². The Morgan fingerprint density at radius 1 is 1.21 bits per heavy atom. The SMILES string of the molecule is CN=C(NCCc1cc(F)cc2c1OCOC2)NCC(C)c1ccc(C)cc1. The van der Waals surface area contributed by atoms with Crippen LogP contribution in [0.25, 0.3) is 0 Å². The lowest BCUT2D eigenvalue weighted by Gasteiger charge is -2.21. The largest absolute Gasteiger partial charge is 0.467 e. The molecular weight excluding hydrogens is 357 g/mol. The molecule has 0 bridgehead atoms. The van der Waals surface area contributed by atoms with Crippen molar-refractivity contribution in [3.63, 3.8) is 0 Å². The number of hydrogen-bond donors (Lipinski definition) is 2. The van der Waals surface area contributed by atoms with E-state index >= 15 is 0 Å². The fourth-order valence-electron chi connectivity index (χ4n) is 3.24. The van der Waals surface area contributed by atoms with Gasteiger partial charge in [-0.15, -0.1) is 0 Å². The second kappa shape index (κ2) is 9.55. The number of ether oxygens (including phenoxy) is 2. The van der Waals surface area contributed by atoms with Crippen LogP contribution >= 0.6 is 0 Å². The number of aliphatic imine (C=N–C) groups is 1. The molecule has 3 rings (SSSR count). The van der Waals surface area contributed by atoms with Crippen molar-refractivity contribution in [2.45, 2.75) is 32.8 Å². The molecular formula is C22H28FN3O2. The Kier molecular flexibility index (Phi) is 6.87. The second-order valence-corrected chi connectivity index (χ2v) is 7.11. The van der Waals surface area contributed by atoms with E-state index in [0.29, 0.717) is 25.5 Å². The summed E-state index contributed by atoms with van der Waals surface area (Å²) in [6, 6.07) is 11.6. The summed E-state index contributed by atoms with van der Waals surface area (Å²) in [6.45, 7) is 6.26.